The molecular weight excluding hydrogens is 194 g/mol. The predicted molar refractivity (Wildman–Crippen MR) is 57.7 cm³/mol. The minimum absolute atomic E-state index is 0.0688. The first-order valence-corrected chi connectivity index (χ1v) is 4.91. The molecule has 0 spiro atoms. The van der Waals surface area contributed by atoms with Gasteiger partial charge in [0.15, 0.2) is 5.82 Å². The number of hydrogen-bond donors (Lipinski definition) is 1. The molecule has 1 N–H and O–H groups in total. The van der Waals surface area contributed by atoms with Crippen LogP contribution in [-0.4, -0.2) is 42.6 Å². The van der Waals surface area contributed by atoms with E-state index in [1.807, 2.05) is 18.0 Å². The van der Waals surface area contributed by atoms with Crippen molar-refractivity contribution in [3.8, 4) is 0 Å². The fourth-order valence-corrected chi connectivity index (χ4v) is 1.20. The lowest BCUT2D eigenvalue weighted by Crippen LogP contribution is -2.21. The van der Waals surface area contributed by atoms with E-state index in [2.05, 4.69) is 10.2 Å². The molecule has 0 radical (unpaired) electrons. The van der Waals surface area contributed by atoms with Gasteiger partial charge < -0.3 is 14.7 Å². The molecule has 1 aromatic heterocycles. The van der Waals surface area contributed by atoms with Gasteiger partial charge in [0.25, 0.3) is 0 Å². The van der Waals surface area contributed by atoms with E-state index >= 15 is 0 Å². The summed E-state index contributed by atoms with van der Waals surface area (Å²) in [4.78, 5) is 2.01. The second-order valence-electron chi connectivity index (χ2n) is 3.31. The molecule has 84 valence electrons. The Labute approximate surface area is 89.7 Å². The molecule has 0 saturated heterocycles. The van der Waals surface area contributed by atoms with Crippen LogP contribution in [0.25, 0.3) is 0 Å². The van der Waals surface area contributed by atoms with E-state index in [1.165, 1.54) is 0 Å². The normalized spacial score (nSPS) is 10.3. The summed E-state index contributed by atoms with van der Waals surface area (Å²) in [5.41, 5.74) is 0.587. The Morgan fingerprint density at radius 2 is 2.20 bits per heavy atom. The van der Waals surface area contributed by atoms with Crippen LogP contribution in [0, 0.1) is 0 Å². The Morgan fingerprint density at radius 1 is 1.40 bits per heavy atom. The molecule has 0 aliphatic heterocycles. The van der Waals surface area contributed by atoms with Gasteiger partial charge in [0.1, 0.15) is 0 Å². The largest absolute Gasteiger partial charge is 0.390 e. The van der Waals surface area contributed by atoms with Crippen LogP contribution in [0.3, 0.4) is 0 Å². The molecule has 0 amide bonds. The van der Waals surface area contributed by atoms with Crippen LogP contribution in [0.1, 0.15) is 12.1 Å². The maximum atomic E-state index is 8.81. The predicted octanol–water partition coefficient (Wildman–Crippen LogP) is 0.442. The third kappa shape index (κ3) is 3.81. The van der Waals surface area contributed by atoms with Crippen LogP contribution in [0.15, 0.2) is 12.1 Å². The summed E-state index contributed by atoms with van der Waals surface area (Å²) >= 11 is 0. The molecule has 1 aromatic rings. The van der Waals surface area contributed by atoms with E-state index in [4.69, 9.17) is 9.84 Å². The minimum Gasteiger partial charge on any atom is -0.390 e. The quantitative estimate of drug-likeness (QED) is 0.692. The second kappa shape index (κ2) is 6.31. The number of aliphatic hydroxyl groups is 1. The Balaban J connectivity index is 2.46. The van der Waals surface area contributed by atoms with Gasteiger partial charge in [0.2, 0.25) is 0 Å². The highest BCUT2D eigenvalue weighted by atomic mass is 16.5. The summed E-state index contributed by atoms with van der Waals surface area (Å²) in [6.45, 7) is 1.55. The molecule has 5 nitrogen and oxygen atoms in total. The average molecular weight is 211 g/mol. The molecule has 0 aliphatic rings. The number of nitrogens with zero attached hydrogens (tertiary/aromatic N) is 3. The summed E-state index contributed by atoms with van der Waals surface area (Å²) in [5, 5.41) is 16.7. The molecule has 1 heterocycles. The number of aliphatic hydroxyl groups excluding tert-OH is 1. The van der Waals surface area contributed by atoms with E-state index in [0.717, 1.165) is 25.4 Å². The Hall–Kier alpha value is -1.20. The molecular formula is C10H17N3O2. The molecule has 5 heteroatoms. The Kier molecular flexibility index (Phi) is 5.00. The highest BCUT2D eigenvalue weighted by Crippen LogP contribution is 2.07. The van der Waals surface area contributed by atoms with E-state index in [9.17, 15) is 0 Å². The zero-order valence-corrected chi connectivity index (χ0v) is 9.18. The lowest BCUT2D eigenvalue weighted by Gasteiger charge is -2.16. The lowest BCUT2D eigenvalue weighted by atomic mass is 10.3. The van der Waals surface area contributed by atoms with Crippen molar-refractivity contribution < 1.29 is 9.84 Å². The highest BCUT2D eigenvalue weighted by Gasteiger charge is 2.02. The van der Waals surface area contributed by atoms with Gasteiger partial charge in [0, 0.05) is 27.3 Å². The van der Waals surface area contributed by atoms with Crippen LogP contribution in [0.2, 0.25) is 0 Å². The van der Waals surface area contributed by atoms with Gasteiger partial charge in [-0.05, 0) is 18.6 Å². The van der Waals surface area contributed by atoms with Gasteiger partial charge in [-0.2, -0.15) is 5.10 Å². The summed E-state index contributed by atoms with van der Waals surface area (Å²) in [6, 6.07) is 3.63. The van der Waals surface area contributed by atoms with Crippen molar-refractivity contribution in [2.75, 3.05) is 32.2 Å². The summed E-state index contributed by atoms with van der Waals surface area (Å²) in [5.74, 6) is 0.809. The van der Waals surface area contributed by atoms with Gasteiger partial charge in [-0.25, -0.2) is 0 Å². The van der Waals surface area contributed by atoms with Crippen LogP contribution < -0.4 is 4.90 Å². The zero-order chi connectivity index (χ0) is 11.1. The van der Waals surface area contributed by atoms with Gasteiger partial charge in [-0.1, -0.05) is 0 Å². The Morgan fingerprint density at radius 3 is 2.73 bits per heavy atom. The van der Waals surface area contributed by atoms with Crippen LogP contribution >= 0.6 is 0 Å². The van der Waals surface area contributed by atoms with Crippen molar-refractivity contribution in [3.63, 3.8) is 0 Å². The summed E-state index contributed by atoms with van der Waals surface area (Å²) in [6.07, 6.45) is 0.955. The van der Waals surface area contributed by atoms with E-state index in [0.29, 0.717) is 5.69 Å². The van der Waals surface area contributed by atoms with E-state index in [1.54, 1.807) is 13.2 Å². The van der Waals surface area contributed by atoms with Gasteiger partial charge in [-0.3, -0.25) is 0 Å². The monoisotopic (exact) mass is 211 g/mol. The number of methoxy groups -OCH3 is 1. The van der Waals surface area contributed by atoms with E-state index in [-0.39, 0.29) is 6.61 Å². The lowest BCUT2D eigenvalue weighted by molar-refractivity contribution is 0.196. The molecule has 15 heavy (non-hydrogen) atoms. The van der Waals surface area contributed by atoms with Crippen molar-refractivity contribution in [1.82, 2.24) is 10.2 Å². The summed E-state index contributed by atoms with van der Waals surface area (Å²) < 4.78 is 4.97. The molecule has 0 fully saturated rings. The third-order valence-electron chi connectivity index (χ3n) is 2.10. The van der Waals surface area contributed by atoms with Gasteiger partial charge in [0.05, 0.1) is 12.3 Å². The average Bonchev–Trinajstić information content (AvgIpc) is 2.29. The fraction of sp³-hybridized carbons (Fsp3) is 0.600. The SMILES string of the molecule is COCCCN(C)c1ccc(CO)nn1. The first kappa shape index (κ1) is 11.9. The van der Waals surface area contributed by atoms with E-state index < -0.39 is 0 Å². The minimum atomic E-state index is -0.0688. The van der Waals surface area contributed by atoms with Crippen molar-refractivity contribution in [2.24, 2.45) is 0 Å². The van der Waals surface area contributed by atoms with Gasteiger partial charge >= 0.3 is 0 Å². The maximum absolute atomic E-state index is 8.81. The van der Waals surface area contributed by atoms with Crippen molar-refractivity contribution in [3.05, 3.63) is 17.8 Å². The van der Waals surface area contributed by atoms with Crippen molar-refractivity contribution in [2.45, 2.75) is 13.0 Å². The topological polar surface area (TPSA) is 58.5 Å². The smallest absolute Gasteiger partial charge is 0.150 e. The number of ether oxygens (including phenoxy) is 1. The molecule has 0 aliphatic carbocycles. The third-order valence-corrected chi connectivity index (χ3v) is 2.10. The van der Waals surface area contributed by atoms with Crippen LogP contribution in [0.4, 0.5) is 5.82 Å². The number of rotatable bonds is 6. The molecule has 0 aromatic carbocycles. The van der Waals surface area contributed by atoms with Crippen LogP contribution in [0.5, 0.6) is 0 Å². The maximum Gasteiger partial charge on any atom is 0.150 e. The first-order chi connectivity index (χ1) is 7.27. The van der Waals surface area contributed by atoms with Crippen molar-refractivity contribution >= 4 is 5.82 Å². The molecule has 0 bridgehead atoms. The van der Waals surface area contributed by atoms with Crippen LogP contribution in [-0.2, 0) is 11.3 Å². The first-order valence-electron chi connectivity index (χ1n) is 4.91. The Bertz CT molecular complexity index is 277. The molecule has 0 unspecified atom stereocenters. The van der Waals surface area contributed by atoms with Crippen molar-refractivity contribution in [1.29, 1.82) is 0 Å². The molecule has 0 saturated carbocycles. The van der Waals surface area contributed by atoms with Gasteiger partial charge in [-0.15, -0.1) is 5.10 Å². The molecule has 1 rings (SSSR count). The summed E-state index contributed by atoms with van der Waals surface area (Å²) in [7, 11) is 3.65. The number of anilines is 1. The number of hydrogen-bond acceptors (Lipinski definition) is 5. The zero-order valence-electron chi connectivity index (χ0n) is 9.18. The second-order valence-corrected chi connectivity index (χ2v) is 3.31. The standard InChI is InChI=1S/C10H17N3O2/c1-13(6-3-7-15-2)10-5-4-9(8-14)11-12-10/h4-5,14H,3,6-8H2,1-2H3. The highest BCUT2D eigenvalue weighted by molar-refractivity contribution is 5.35. The molecule has 0 atom stereocenters. The fourth-order valence-electron chi connectivity index (χ4n) is 1.20. The number of aromatic nitrogens is 2.